The Morgan fingerprint density at radius 1 is 1.08 bits per heavy atom. The molecule has 0 fully saturated rings. The SMILES string of the molecule is CCNC(=O)[C@H](C)NC(=O)COC(=O)Cc1cccc2ccccc12. The van der Waals surface area contributed by atoms with Crippen LogP contribution in [0.25, 0.3) is 10.8 Å². The van der Waals surface area contributed by atoms with E-state index in [0.717, 1.165) is 16.3 Å². The minimum atomic E-state index is -0.677. The van der Waals surface area contributed by atoms with Crippen LogP contribution in [0.2, 0.25) is 0 Å². The van der Waals surface area contributed by atoms with Gasteiger partial charge in [-0.15, -0.1) is 0 Å². The molecule has 2 aromatic rings. The number of esters is 1. The Labute approximate surface area is 146 Å². The number of likely N-dealkylation sites (N-methyl/N-ethyl adjacent to an activating group) is 1. The molecule has 2 aromatic carbocycles. The molecule has 0 saturated heterocycles. The largest absolute Gasteiger partial charge is 0.455 e. The number of carbonyl (C=O) groups is 3. The number of carbonyl (C=O) groups excluding carboxylic acids is 3. The summed E-state index contributed by atoms with van der Waals surface area (Å²) in [6, 6.07) is 12.8. The van der Waals surface area contributed by atoms with Crippen molar-refractivity contribution in [1.29, 1.82) is 0 Å². The van der Waals surface area contributed by atoms with Gasteiger partial charge in [0.05, 0.1) is 6.42 Å². The lowest BCUT2D eigenvalue weighted by Gasteiger charge is -2.13. The maximum atomic E-state index is 12.0. The summed E-state index contributed by atoms with van der Waals surface area (Å²) in [4.78, 5) is 35.3. The molecule has 2 rings (SSSR count). The van der Waals surface area contributed by atoms with Gasteiger partial charge in [0.15, 0.2) is 6.61 Å². The van der Waals surface area contributed by atoms with E-state index in [0.29, 0.717) is 6.54 Å². The Bertz CT molecular complexity index is 768. The second-order valence-corrected chi connectivity index (χ2v) is 5.66. The number of fused-ring (bicyclic) bond motifs is 1. The first-order chi connectivity index (χ1) is 12.0. The highest BCUT2D eigenvalue weighted by atomic mass is 16.5. The zero-order valence-corrected chi connectivity index (χ0v) is 14.4. The van der Waals surface area contributed by atoms with Crippen LogP contribution in [0.1, 0.15) is 19.4 Å². The van der Waals surface area contributed by atoms with E-state index in [-0.39, 0.29) is 12.3 Å². The number of amides is 2. The molecule has 6 heteroatoms. The summed E-state index contributed by atoms with van der Waals surface area (Å²) in [7, 11) is 0. The van der Waals surface area contributed by atoms with E-state index in [9.17, 15) is 14.4 Å². The molecule has 0 radical (unpaired) electrons. The van der Waals surface area contributed by atoms with E-state index in [1.165, 1.54) is 0 Å². The van der Waals surface area contributed by atoms with Crippen molar-refractivity contribution in [1.82, 2.24) is 10.6 Å². The van der Waals surface area contributed by atoms with Crippen molar-refractivity contribution in [2.45, 2.75) is 26.3 Å². The van der Waals surface area contributed by atoms with Gasteiger partial charge in [0.1, 0.15) is 6.04 Å². The molecule has 0 aliphatic rings. The van der Waals surface area contributed by atoms with Gasteiger partial charge in [-0.25, -0.2) is 0 Å². The molecular formula is C19H22N2O4. The molecule has 132 valence electrons. The van der Waals surface area contributed by atoms with Crippen LogP contribution in [0.3, 0.4) is 0 Å². The van der Waals surface area contributed by atoms with Crippen molar-refractivity contribution >= 4 is 28.6 Å². The number of hydrogen-bond acceptors (Lipinski definition) is 4. The normalized spacial score (nSPS) is 11.6. The van der Waals surface area contributed by atoms with Crippen molar-refractivity contribution in [3.63, 3.8) is 0 Å². The second-order valence-electron chi connectivity index (χ2n) is 5.66. The first kappa shape index (κ1) is 18.4. The van der Waals surface area contributed by atoms with Crippen molar-refractivity contribution in [3.8, 4) is 0 Å². The molecule has 0 saturated carbocycles. The summed E-state index contributed by atoms with van der Waals surface area (Å²) < 4.78 is 5.01. The predicted octanol–water partition coefficient (Wildman–Crippen LogP) is 1.57. The van der Waals surface area contributed by atoms with E-state index in [1.54, 1.807) is 13.8 Å². The summed E-state index contributed by atoms with van der Waals surface area (Å²) >= 11 is 0. The molecule has 2 N–H and O–H groups in total. The fraction of sp³-hybridized carbons (Fsp3) is 0.316. The van der Waals surface area contributed by atoms with E-state index in [1.807, 2.05) is 42.5 Å². The van der Waals surface area contributed by atoms with Crippen molar-refractivity contribution in [3.05, 3.63) is 48.0 Å². The van der Waals surface area contributed by atoms with Gasteiger partial charge in [-0.05, 0) is 30.2 Å². The quantitative estimate of drug-likeness (QED) is 0.748. The van der Waals surface area contributed by atoms with Crippen molar-refractivity contribution < 1.29 is 19.1 Å². The number of hydrogen-bond donors (Lipinski definition) is 2. The standard InChI is InChI=1S/C19H22N2O4/c1-3-20-19(24)13(2)21-17(22)12-25-18(23)11-15-9-6-8-14-7-4-5-10-16(14)15/h4-10,13H,3,11-12H2,1-2H3,(H,20,24)(H,21,22)/t13-/m0/s1. The first-order valence-corrected chi connectivity index (χ1v) is 8.20. The highest BCUT2D eigenvalue weighted by Gasteiger charge is 2.16. The Balaban J connectivity index is 1.86. The maximum absolute atomic E-state index is 12.0. The first-order valence-electron chi connectivity index (χ1n) is 8.20. The van der Waals surface area contributed by atoms with E-state index in [4.69, 9.17) is 4.74 Å². The lowest BCUT2D eigenvalue weighted by atomic mass is 10.0. The molecule has 0 heterocycles. The molecule has 0 aliphatic heterocycles. The van der Waals surface area contributed by atoms with Gasteiger partial charge in [0.2, 0.25) is 5.91 Å². The number of benzene rings is 2. The van der Waals surface area contributed by atoms with Crippen LogP contribution >= 0.6 is 0 Å². The van der Waals surface area contributed by atoms with E-state index < -0.39 is 24.5 Å². The lowest BCUT2D eigenvalue weighted by molar-refractivity contribution is -0.148. The molecule has 25 heavy (non-hydrogen) atoms. The molecule has 6 nitrogen and oxygen atoms in total. The Morgan fingerprint density at radius 3 is 2.56 bits per heavy atom. The molecule has 0 spiro atoms. The van der Waals surface area contributed by atoms with E-state index >= 15 is 0 Å². The topological polar surface area (TPSA) is 84.5 Å². The summed E-state index contributed by atoms with van der Waals surface area (Å²) in [5, 5.41) is 7.11. The van der Waals surface area contributed by atoms with Gasteiger partial charge in [-0.2, -0.15) is 0 Å². The van der Waals surface area contributed by atoms with Crippen molar-refractivity contribution in [2.24, 2.45) is 0 Å². The maximum Gasteiger partial charge on any atom is 0.310 e. The van der Waals surface area contributed by atoms with Crippen LogP contribution in [0.4, 0.5) is 0 Å². The molecule has 0 aliphatic carbocycles. The van der Waals surface area contributed by atoms with Gasteiger partial charge >= 0.3 is 5.97 Å². The average molecular weight is 342 g/mol. The number of rotatable bonds is 7. The van der Waals surface area contributed by atoms with Crippen LogP contribution < -0.4 is 10.6 Å². The molecule has 0 bridgehead atoms. The van der Waals surface area contributed by atoms with Gasteiger partial charge in [0, 0.05) is 6.54 Å². The predicted molar refractivity (Wildman–Crippen MR) is 94.9 cm³/mol. The number of nitrogens with one attached hydrogen (secondary N) is 2. The third kappa shape index (κ3) is 5.31. The highest BCUT2D eigenvalue weighted by molar-refractivity contribution is 5.90. The Kier molecular flexibility index (Phi) is 6.51. The molecule has 0 unspecified atom stereocenters. The monoisotopic (exact) mass is 342 g/mol. The molecule has 1 atom stereocenters. The zero-order chi connectivity index (χ0) is 18.2. The lowest BCUT2D eigenvalue weighted by Crippen LogP contribution is -2.46. The van der Waals surface area contributed by atoms with Crippen LogP contribution in [0.15, 0.2) is 42.5 Å². The van der Waals surface area contributed by atoms with Crippen LogP contribution in [-0.2, 0) is 25.5 Å². The average Bonchev–Trinajstić information content (AvgIpc) is 2.60. The van der Waals surface area contributed by atoms with Gasteiger partial charge in [-0.3, -0.25) is 14.4 Å². The van der Waals surface area contributed by atoms with Crippen LogP contribution in [0.5, 0.6) is 0 Å². The van der Waals surface area contributed by atoms with Crippen LogP contribution in [-0.4, -0.2) is 37.0 Å². The number of ether oxygens (including phenoxy) is 1. The fourth-order valence-electron chi connectivity index (χ4n) is 2.48. The minimum Gasteiger partial charge on any atom is -0.455 e. The summed E-state index contributed by atoms with van der Waals surface area (Å²) in [6.45, 7) is 3.44. The summed E-state index contributed by atoms with van der Waals surface area (Å²) in [6.07, 6.45) is 0.0838. The third-order valence-corrected chi connectivity index (χ3v) is 3.70. The fourth-order valence-corrected chi connectivity index (χ4v) is 2.48. The van der Waals surface area contributed by atoms with E-state index in [2.05, 4.69) is 10.6 Å². The third-order valence-electron chi connectivity index (χ3n) is 3.70. The minimum absolute atomic E-state index is 0.0838. The second kappa shape index (κ2) is 8.82. The van der Waals surface area contributed by atoms with Crippen LogP contribution in [0, 0.1) is 0 Å². The summed E-state index contributed by atoms with van der Waals surface area (Å²) in [5.74, 6) is -1.28. The van der Waals surface area contributed by atoms with Gasteiger partial charge in [0.25, 0.3) is 5.91 Å². The smallest absolute Gasteiger partial charge is 0.310 e. The zero-order valence-electron chi connectivity index (χ0n) is 14.4. The Morgan fingerprint density at radius 2 is 1.80 bits per heavy atom. The molecular weight excluding hydrogens is 320 g/mol. The summed E-state index contributed by atoms with van der Waals surface area (Å²) in [5.41, 5.74) is 0.846. The Hall–Kier alpha value is -2.89. The molecule has 2 amide bonds. The van der Waals surface area contributed by atoms with Crippen molar-refractivity contribution in [2.75, 3.05) is 13.2 Å². The van der Waals surface area contributed by atoms with Gasteiger partial charge in [-0.1, -0.05) is 42.5 Å². The van der Waals surface area contributed by atoms with Gasteiger partial charge < -0.3 is 15.4 Å². The highest BCUT2D eigenvalue weighted by Crippen LogP contribution is 2.19. The molecule has 0 aromatic heterocycles.